The van der Waals surface area contributed by atoms with Gasteiger partial charge in [-0.15, -0.1) is 0 Å². The molecule has 5 nitrogen and oxygen atoms in total. The fourth-order valence-electron chi connectivity index (χ4n) is 3.83. The van der Waals surface area contributed by atoms with Crippen molar-refractivity contribution in [1.82, 2.24) is 9.88 Å². The first-order chi connectivity index (χ1) is 14.1. The zero-order valence-electron chi connectivity index (χ0n) is 17.3. The summed E-state index contributed by atoms with van der Waals surface area (Å²) in [5.74, 6) is 0.652. The summed E-state index contributed by atoms with van der Waals surface area (Å²) >= 11 is 0. The molecule has 1 fully saturated rings. The predicted octanol–water partition coefficient (Wildman–Crippen LogP) is 5.23. The van der Waals surface area contributed by atoms with Gasteiger partial charge in [-0.25, -0.2) is 4.98 Å². The Balaban J connectivity index is 1.80. The number of aryl methyl sites for hydroxylation is 2. The van der Waals surface area contributed by atoms with Crippen LogP contribution < -0.4 is 10.1 Å². The number of nitrogens with zero attached hydrogens (tertiary/aromatic N) is 2. The first-order valence-corrected chi connectivity index (χ1v) is 10.2. The van der Waals surface area contributed by atoms with Crippen LogP contribution in [0.2, 0.25) is 0 Å². The first-order valence-electron chi connectivity index (χ1n) is 10.2. The Bertz CT molecular complexity index is 1060. The monoisotopic (exact) mass is 389 g/mol. The highest BCUT2D eigenvalue weighted by molar-refractivity contribution is 6.02. The zero-order valence-corrected chi connectivity index (χ0v) is 17.3. The number of piperidine rings is 1. The highest BCUT2D eigenvalue weighted by Gasteiger charge is 2.21. The third-order valence-corrected chi connectivity index (χ3v) is 5.67. The lowest BCUT2D eigenvalue weighted by atomic mass is 10.1. The Labute approximate surface area is 171 Å². The zero-order chi connectivity index (χ0) is 20.4. The molecule has 1 saturated heterocycles. The average molecular weight is 389 g/mol. The predicted molar refractivity (Wildman–Crippen MR) is 117 cm³/mol. The third kappa shape index (κ3) is 3.90. The van der Waals surface area contributed by atoms with Gasteiger partial charge in [0.2, 0.25) is 0 Å². The quantitative estimate of drug-likeness (QED) is 0.664. The molecule has 2 heterocycles. The lowest BCUT2D eigenvalue weighted by molar-refractivity contribution is 0.0719. The maximum Gasteiger partial charge on any atom is 0.272 e. The summed E-state index contributed by atoms with van der Waals surface area (Å²) < 4.78 is 5.53. The number of fused-ring (bicyclic) bond motifs is 1. The smallest absolute Gasteiger partial charge is 0.272 e. The SMILES string of the molecule is COc1cccc2c(Nc3ccc(C)c(C)c3)cc(C(=O)N3CCCCC3)nc12. The second kappa shape index (κ2) is 8.11. The summed E-state index contributed by atoms with van der Waals surface area (Å²) in [6, 6.07) is 14.0. The lowest BCUT2D eigenvalue weighted by Crippen LogP contribution is -2.36. The van der Waals surface area contributed by atoms with Gasteiger partial charge in [-0.1, -0.05) is 18.2 Å². The van der Waals surface area contributed by atoms with Crippen LogP contribution in [0.5, 0.6) is 5.75 Å². The number of carbonyl (C=O) groups is 1. The molecule has 1 amide bonds. The molecule has 3 aromatic rings. The molecule has 1 aliphatic heterocycles. The van der Waals surface area contributed by atoms with Gasteiger partial charge in [0.1, 0.15) is 17.0 Å². The highest BCUT2D eigenvalue weighted by Crippen LogP contribution is 2.32. The molecule has 0 aliphatic carbocycles. The van der Waals surface area contributed by atoms with Crippen LogP contribution in [-0.2, 0) is 0 Å². The minimum absolute atomic E-state index is 0.0133. The van der Waals surface area contributed by atoms with Crippen LogP contribution in [0.15, 0.2) is 42.5 Å². The fourth-order valence-corrected chi connectivity index (χ4v) is 3.83. The Morgan fingerprint density at radius 3 is 2.55 bits per heavy atom. The minimum atomic E-state index is -0.0133. The summed E-state index contributed by atoms with van der Waals surface area (Å²) in [7, 11) is 1.63. The molecule has 4 rings (SSSR count). The highest BCUT2D eigenvalue weighted by atomic mass is 16.5. The second-order valence-corrected chi connectivity index (χ2v) is 7.69. The van der Waals surface area contributed by atoms with E-state index in [-0.39, 0.29) is 5.91 Å². The lowest BCUT2D eigenvalue weighted by Gasteiger charge is -2.26. The number of hydrogen-bond donors (Lipinski definition) is 1. The number of amides is 1. The van der Waals surface area contributed by atoms with Crippen molar-refractivity contribution >= 4 is 28.2 Å². The van der Waals surface area contributed by atoms with Gasteiger partial charge in [0.05, 0.1) is 12.8 Å². The molecule has 0 bridgehead atoms. The van der Waals surface area contributed by atoms with Crippen molar-refractivity contribution in [2.75, 3.05) is 25.5 Å². The van der Waals surface area contributed by atoms with Gasteiger partial charge in [0, 0.05) is 24.2 Å². The molecular weight excluding hydrogens is 362 g/mol. The van der Waals surface area contributed by atoms with Crippen molar-refractivity contribution in [2.45, 2.75) is 33.1 Å². The van der Waals surface area contributed by atoms with E-state index in [1.807, 2.05) is 29.2 Å². The molecule has 1 N–H and O–H groups in total. The van der Waals surface area contributed by atoms with E-state index in [2.05, 4.69) is 37.4 Å². The standard InChI is InChI=1S/C24H27N3O2/c1-16-10-11-18(14-17(16)2)25-20-15-21(24(28)27-12-5-4-6-13-27)26-23-19(20)8-7-9-22(23)29-3/h7-11,14-15H,4-6,12-13H2,1-3H3,(H,25,26). The molecule has 29 heavy (non-hydrogen) atoms. The van der Waals surface area contributed by atoms with Crippen LogP contribution in [0.4, 0.5) is 11.4 Å². The number of benzene rings is 2. The Morgan fingerprint density at radius 1 is 1.03 bits per heavy atom. The Morgan fingerprint density at radius 2 is 1.83 bits per heavy atom. The molecule has 5 heteroatoms. The molecule has 0 unspecified atom stereocenters. The largest absolute Gasteiger partial charge is 0.494 e. The molecule has 150 valence electrons. The van der Waals surface area contributed by atoms with Crippen LogP contribution in [0, 0.1) is 13.8 Å². The van der Waals surface area contributed by atoms with Crippen molar-refractivity contribution in [3.05, 3.63) is 59.3 Å². The molecule has 0 radical (unpaired) electrons. The molecule has 1 aromatic heterocycles. The number of ether oxygens (including phenoxy) is 1. The topological polar surface area (TPSA) is 54.5 Å². The van der Waals surface area contributed by atoms with Crippen molar-refractivity contribution in [3.63, 3.8) is 0 Å². The number of hydrogen-bond acceptors (Lipinski definition) is 4. The van der Waals surface area contributed by atoms with Crippen LogP contribution in [0.25, 0.3) is 10.9 Å². The van der Waals surface area contributed by atoms with E-state index < -0.39 is 0 Å². The number of aromatic nitrogens is 1. The van der Waals surface area contributed by atoms with Crippen LogP contribution in [0.1, 0.15) is 40.9 Å². The average Bonchev–Trinajstić information content (AvgIpc) is 2.76. The number of pyridine rings is 1. The first kappa shape index (κ1) is 19.2. The van der Waals surface area contributed by atoms with E-state index in [1.54, 1.807) is 7.11 Å². The number of carbonyl (C=O) groups excluding carboxylic acids is 1. The van der Waals surface area contributed by atoms with Crippen molar-refractivity contribution in [3.8, 4) is 5.75 Å². The van der Waals surface area contributed by atoms with Crippen LogP contribution >= 0.6 is 0 Å². The number of likely N-dealkylation sites (tertiary alicyclic amines) is 1. The summed E-state index contributed by atoms with van der Waals surface area (Å²) in [4.78, 5) is 19.7. The number of anilines is 2. The van der Waals surface area contributed by atoms with E-state index in [0.29, 0.717) is 17.0 Å². The van der Waals surface area contributed by atoms with Crippen molar-refractivity contribution in [1.29, 1.82) is 0 Å². The van der Waals surface area contributed by atoms with Gasteiger partial charge in [0.15, 0.2) is 0 Å². The maximum absolute atomic E-state index is 13.1. The number of rotatable bonds is 4. The van der Waals surface area contributed by atoms with E-state index in [1.165, 1.54) is 17.5 Å². The normalized spacial score (nSPS) is 14.1. The molecular formula is C24H27N3O2. The maximum atomic E-state index is 13.1. The van der Waals surface area contributed by atoms with Gasteiger partial charge >= 0.3 is 0 Å². The van der Waals surface area contributed by atoms with E-state index >= 15 is 0 Å². The van der Waals surface area contributed by atoms with Crippen molar-refractivity contribution in [2.24, 2.45) is 0 Å². The van der Waals surface area contributed by atoms with Crippen molar-refractivity contribution < 1.29 is 9.53 Å². The summed E-state index contributed by atoms with van der Waals surface area (Å²) in [6.45, 7) is 5.79. The Hall–Kier alpha value is -3.08. The van der Waals surface area contributed by atoms with E-state index in [0.717, 1.165) is 42.7 Å². The number of nitrogens with one attached hydrogen (secondary N) is 1. The summed E-state index contributed by atoms with van der Waals surface area (Å²) in [6.07, 6.45) is 3.29. The van der Waals surface area contributed by atoms with Gasteiger partial charge in [-0.3, -0.25) is 4.79 Å². The third-order valence-electron chi connectivity index (χ3n) is 5.67. The molecule has 1 aliphatic rings. The number of para-hydroxylation sites is 1. The molecule has 0 spiro atoms. The van der Waals surface area contributed by atoms with Crippen LogP contribution in [-0.4, -0.2) is 36.0 Å². The van der Waals surface area contributed by atoms with Crippen LogP contribution in [0.3, 0.4) is 0 Å². The minimum Gasteiger partial charge on any atom is -0.494 e. The summed E-state index contributed by atoms with van der Waals surface area (Å²) in [5, 5.41) is 4.43. The van der Waals surface area contributed by atoms with Gasteiger partial charge < -0.3 is 15.0 Å². The molecule has 0 saturated carbocycles. The molecule has 2 aromatic carbocycles. The van der Waals surface area contributed by atoms with E-state index in [4.69, 9.17) is 9.72 Å². The summed E-state index contributed by atoms with van der Waals surface area (Å²) in [5.41, 5.74) is 5.46. The fraction of sp³-hybridized carbons (Fsp3) is 0.333. The van der Waals surface area contributed by atoms with Gasteiger partial charge in [-0.05, 0) is 68.5 Å². The second-order valence-electron chi connectivity index (χ2n) is 7.69. The van der Waals surface area contributed by atoms with E-state index in [9.17, 15) is 4.79 Å². The molecule has 0 atom stereocenters. The van der Waals surface area contributed by atoms with Gasteiger partial charge in [-0.2, -0.15) is 0 Å². The van der Waals surface area contributed by atoms with Gasteiger partial charge in [0.25, 0.3) is 5.91 Å². The Kier molecular flexibility index (Phi) is 5.38. The number of methoxy groups -OCH3 is 1.